The number of halogens is 1. The quantitative estimate of drug-likeness (QED) is 0.797. The molecular formula is C12H18BrN3O2. The van der Waals surface area contributed by atoms with Gasteiger partial charge < -0.3 is 4.74 Å². The van der Waals surface area contributed by atoms with Crippen molar-refractivity contribution in [2.75, 3.05) is 19.7 Å². The lowest BCUT2D eigenvalue weighted by atomic mass is 10.3. The predicted octanol–water partition coefficient (Wildman–Crippen LogP) is 1.96. The zero-order valence-corrected chi connectivity index (χ0v) is 12.4. The summed E-state index contributed by atoms with van der Waals surface area (Å²) in [5, 5.41) is 4.40. The molecule has 2 heterocycles. The number of carbonyl (C=O) groups excluding carboxylic acids is 1. The van der Waals surface area contributed by atoms with Crippen LogP contribution in [0.4, 0.5) is 0 Å². The first kappa shape index (κ1) is 13.5. The molecule has 18 heavy (non-hydrogen) atoms. The lowest BCUT2D eigenvalue weighted by Gasteiger charge is -2.12. The van der Waals surface area contributed by atoms with Gasteiger partial charge in [-0.2, -0.15) is 5.10 Å². The van der Waals surface area contributed by atoms with E-state index in [1.54, 1.807) is 18.7 Å². The van der Waals surface area contributed by atoms with Crippen LogP contribution in [0, 0.1) is 0 Å². The van der Waals surface area contributed by atoms with Gasteiger partial charge in [0.15, 0.2) is 5.69 Å². The molecule has 0 bridgehead atoms. The van der Waals surface area contributed by atoms with Crippen molar-refractivity contribution in [2.45, 2.75) is 26.3 Å². The Labute approximate surface area is 115 Å². The fraction of sp³-hybridized carbons (Fsp3) is 0.667. The Morgan fingerprint density at radius 3 is 2.72 bits per heavy atom. The average Bonchev–Trinajstić information content (AvgIpc) is 2.89. The SMILES string of the molecule is CCOC(=O)c1c(Br)c(CN2CCCC2)nn1C. The van der Waals surface area contributed by atoms with E-state index in [4.69, 9.17) is 4.74 Å². The first-order valence-electron chi connectivity index (χ1n) is 6.24. The standard InChI is InChI=1S/C12H18BrN3O2/c1-3-18-12(17)11-10(13)9(14-15(11)2)8-16-6-4-5-7-16/h3-8H2,1-2H3. The van der Waals surface area contributed by atoms with Crippen molar-refractivity contribution < 1.29 is 9.53 Å². The third-order valence-electron chi connectivity index (χ3n) is 3.10. The normalized spacial score (nSPS) is 16.2. The van der Waals surface area contributed by atoms with Crippen LogP contribution in [0.2, 0.25) is 0 Å². The Bertz CT molecular complexity index is 439. The zero-order valence-electron chi connectivity index (χ0n) is 10.8. The van der Waals surface area contributed by atoms with Gasteiger partial charge in [-0.25, -0.2) is 4.79 Å². The van der Waals surface area contributed by atoms with E-state index >= 15 is 0 Å². The number of aryl methyl sites for hydroxylation is 1. The molecule has 1 fully saturated rings. The van der Waals surface area contributed by atoms with Crippen LogP contribution in [-0.4, -0.2) is 40.3 Å². The van der Waals surface area contributed by atoms with Crippen molar-refractivity contribution in [1.82, 2.24) is 14.7 Å². The third kappa shape index (κ3) is 2.75. The second kappa shape index (κ2) is 5.84. The molecule has 0 saturated carbocycles. The number of rotatable bonds is 4. The largest absolute Gasteiger partial charge is 0.461 e. The lowest BCUT2D eigenvalue weighted by Crippen LogP contribution is -2.19. The first-order chi connectivity index (χ1) is 8.63. The molecule has 0 aliphatic carbocycles. The van der Waals surface area contributed by atoms with Crippen molar-refractivity contribution in [3.05, 3.63) is 15.9 Å². The Hall–Kier alpha value is -0.880. The summed E-state index contributed by atoms with van der Waals surface area (Å²) in [6.07, 6.45) is 2.49. The highest BCUT2D eigenvalue weighted by Crippen LogP contribution is 2.24. The molecule has 1 aromatic rings. The van der Waals surface area contributed by atoms with Gasteiger partial charge in [-0.05, 0) is 48.8 Å². The molecule has 2 rings (SSSR count). The molecule has 0 atom stereocenters. The molecule has 1 aliphatic heterocycles. The van der Waals surface area contributed by atoms with E-state index in [-0.39, 0.29) is 5.97 Å². The number of esters is 1. The minimum absolute atomic E-state index is 0.327. The van der Waals surface area contributed by atoms with Crippen molar-refractivity contribution >= 4 is 21.9 Å². The van der Waals surface area contributed by atoms with Crippen molar-refractivity contribution in [2.24, 2.45) is 7.05 Å². The monoisotopic (exact) mass is 315 g/mol. The van der Waals surface area contributed by atoms with Crippen molar-refractivity contribution in [3.63, 3.8) is 0 Å². The van der Waals surface area contributed by atoms with E-state index < -0.39 is 0 Å². The maximum Gasteiger partial charge on any atom is 0.357 e. The molecule has 0 spiro atoms. The first-order valence-corrected chi connectivity index (χ1v) is 7.03. The summed E-state index contributed by atoms with van der Waals surface area (Å²) < 4.78 is 7.38. The minimum atomic E-state index is -0.327. The van der Waals surface area contributed by atoms with Crippen LogP contribution in [0.25, 0.3) is 0 Å². The highest BCUT2D eigenvalue weighted by atomic mass is 79.9. The number of hydrogen-bond donors (Lipinski definition) is 0. The van der Waals surface area contributed by atoms with Crippen LogP contribution in [0.5, 0.6) is 0 Å². The van der Waals surface area contributed by atoms with Crippen molar-refractivity contribution in [3.8, 4) is 0 Å². The highest BCUT2D eigenvalue weighted by molar-refractivity contribution is 9.10. The van der Waals surface area contributed by atoms with Gasteiger partial charge in [-0.3, -0.25) is 9.58 Å². The minimum Gasteiger partial charge on any atom is -0.461 e. The van der Waals surface area contributed by atoms with Crippen LogP contribution >= 0.6 is 15.9 Å². The lowest BCUT2D eigenvalue weighted by molar-refractivity contribution is 0.0512. The maximum atomic E-state index is 11.8. The Morgan fingerprint density at radius 2 is 2.11 bits per heavy atom. The molecule has 1 aliphatic rings. The van der Waals surface area contributed by atoms with Gasteiger partial charge in [0, 0.05) is 13.6 Å². The Balaban J connectivity index is 2.17. The molecule has 1 aromatic heterocycles. The van der Waals surface area contributed by atoms with E-state index in [0.717, 1.165) is 29.8 Å². The molecule has 100 valence electrons. The summed E-state index contributed by atoms with van der Waals surface area (Å²) in [6, 6.07) is 0. The third-order valence-corrected chi connectivity index (χ3v) is 3.93. The fourth-order valence-corrected chi connectivity index (χ4v) is 2.85. The molecule has 6 heteroatoms. The van der Waals surface area contributed by atoms with Gasteiger partial charge in [0.1, 0.15) is 0 Å². The van der Waals surface area contributed by atoms with Crippen LogP contribution in [0.3, 0.4) is 0 Å². The van der Waals surface area contributed by atoms with Gasteiger partial charge >= 0.3 is 5.97 Å². The smallest absolute Gasteiger partial charge is 0.357 e. The molecular weight excluding hydrogens is 298 g/mol. The summed E-state index contributed by atoms with van der Waals surface area (Å²) in [5.74, 6) is -0.327. The van der Waals surface area contributed by atoms with Gasteiger partial charge in [0.05, 0.1) is 16.8 Å². The van der Waals surface area contributed by atoms with E-state index in [2.05, 4.69) is 25.9 Å². The molecule has 0 N–H and O–H groups in total. The van der Waals surface area contributed by atoms with Crippen molar-refractivity contribution in [1.29, 1.82) is 0 Å². The van der Waals surface area contributed by atoms with Gasteiger partial charge in [-0.15, -0.1) is 0 Å². The van der Waals surface area contributed by atoms with Crippen LogP contribution in [-0.2, 0) is 18.3 Å². The second-order valence-corrected chi connectivity index (χ2v) is 5.23. The van der Waals surface area contributed by atoms with Gasteiger partial charge in [-0.1, -0.05) is 0 Å². The molecule has 0 radical (unpaired) electrons. The van der Waals surface area contributed by atoms with Crippen LogP contribution in [0.15, 0.2) is 4.47 Å². The molecule has 1 saturated heterocycles. The average molecular weight is 316 g/mol. The topological polar surface area (TPSA) is 47.4 Å². The second-order valence-electron chi connectivity index (χ2n) is 4.44. The number of aromatic nitrogens is 2. The van der Waals surface area contributed by atoms with E-state index in [1.165, 1.54) is 12.8 Å². The summed E-state index contributed by atoms with van der Waals surface area (Å²) in [4.78, 5) is 14.2. The summed E-state index contributed by atoms with van der Waals surface area (Å²) in [5.41, 5.74) is 1.40. The molecule has 5 nitrogen and oxygen atoms in total. The number of nitrogens with zero attached hydrogens (tertiary/aromatic N) is 3. The Kier molecular flexibility index (Phi) is 4.40. The predicted molar refractivity (Wildman–Crippen MR) is 71.4 cm³/mol. The summed E-state index contributed by atoms with van der Waals surface area (Å²) in [7, 11) is 1.77. The Morgan fingerprint density at radius 1 is 1.44 bits per heavy atom. The summed E-state index contributed by atoms with van der Waals surface area (Å²) in [6.45, 7) is 5.18. The van der Waals surface area contributed by atoms with E-state index in [1.807, 2.05) is 0 Å². The van der Waals surface area contributed by atoms with E-state index in [0.29, 0.717) is 12.3 Å². The maximum absolute atomic E-state index is 11.8. The highest BCUT2D eigenvalue weighted by Gasteiger charge is 2.23. The number of carbonyl (C=O) groups is 1. The molecule has 0 aromatic carbocycles. The van der Waals surface area contributed by atoms with Gasteiger partial charge in [0.25, 0.3) is 0 Å². The van der Waals surface area contributed by atoms with Crippen LogP contribution in [0.1, 0.15) is 35.9 Å². The molecule has 0 amide bonds. The molecule has 0 unspecified atom stereocenters. The fourth-order valence-electron chi connectivity index (χ4n) is 2.23. The van der Waals surface area contributed by atoms with Crippen LogP contribution < -0.4 is 0 Å². The zero-order chi connectivity index (χ0) is 13.1. The number of hydrogen-bond acceptors (Lipinski definition) is 4. The summed E-state index contributed by atoms with van der Waals surface area (Å²) >= 11 is 3.47. The number of ether oxygens (including phenoxy) is 1. The number of likely N-dealkylation sites (tertiary alicyclic amines) is 1. The van der Waals surface area contributed by atoms with Gasteiger partial charge in [0.2, 0.25) is 0 Å². The van der Waals surface area contributed by atoms with E-state index in [9.17, 15) is 4.79 Å².